The highest BCUT2D eigenvalue weighted by Crippen LogP contribution is 2.31. The number of piperidine rings is 1. The van der Waals surface area contributed by atoms with E-state index >= 15 is 0 Å². The number of hydrogen-bond acceptors (Lipinski definition) is 7. The van der Waals surface area contributed by atoms with Gasteiger partial charge in [-0.05, 0) is 43.5 Å². The maximum absolute atomic E-state index is 13.7. The number of sulfone groups is 1. The highest BCUT2D eigenvalue weighted by Gasteiger charge is 2.40. The van der Waals surface area contributed by atoms with Gasteiger partial charge in [0.05, 0.1) is 30.2 Å². The molecule has 1 aromatic carbocycles. The predicted molar refractivity (Wildman–Crippen MR) is 121 cm³/mol. The highest BCUT2D eigenvalue weighted by atomic mass is 32.2. The molecule has 1 aromatic heterocycles. The maximum atomic E-state index is 13.7. The summed E-state index contributed by atoms with van der Waals surface area (Å²) in [5.41, 5.74) is 0.555. The molecule has 0 unspecified atom stereocenters. The van der Waals surface area contributed by atoms with Gasteiger partial charge >= 0.3 is 0 Å². The summed E-state index contributed by atoms with van der Waals surface area (Å²) >= 11 is 0. The number of hydrogen-bond donors (Lipinski definition) is 0. The van der Waals surface area contributed by atoms with E-state index in [1.54, 1.807) is 41.3 Å². The van der Waals surface area contributed by atoms with E-state index in [-0.39, 0.29) is 28.9 Å². The lowest BCUT2D eigenvalue weighted by Crippen LogP contribution is -2.49. The molecular weight excluding hydrogens is 466 g/mol. The van der Waals surface area contributed by atoms with Crippen LogP contribution in [-0.2, 0) is 31.2 Å². The minimum atomic E-state index is -3.75. The topological polar surface area (TPSA) is 117 Å². The average Bonchev–Trinajstić information content (AvgIpc) is 3.50. The number of amides is 1. The van der Waals surface area contributed by atoms with Gasteiger partial charge in [0, 0.05) is 24.7 Å². The Labute approximate surface area is 193 Å². The van der Waals surface area contributed by atoms with Crippen LogP contribution in [0.4, 0.5) is 0 Å². The van der Waals surface area contributed by atoms with Crippen LogP contribution in [-0.4, -0.2) is 69.0 Å². The summed E-state index contributed by atoms with van der Waals surface area (Å²) in [6, 6.07) is 9.82. The number of carbonyl (C=O) groups is 1. The molecule has 3 aliphatic heterocycles. The van der Waals surface area contributed by atoms with Crippen LogP contribution >= 0.6 is 0 Å². The number of rotatable bonds is 4. The molecule has 0 radical (unpaired) electrons. The predicted octanol–water partition coefficient (Wildman–Crippen LogP) is 1.66. The number of furan rings is 1. The van der Waals surface area contributed by atoms with E-state index in [4.69, 9.17) is 4.42 Å². The number of likely N-dealkylation sites (tertiary alicyclic amines) is 1. The highest BCUT2D eigenvalue weighted by molar-refractivity contribution is 7.91. The first kappa shape index (κ1) is 22.1. The fourth-order valence-electron chi connectivity index (χ4n) is 4.90. The third-order valence-electron chi connectivity index (χ3n) is 6.52. The van der Waals surface area contributed by atoms with Crippen LogP contribution < -0.4 is 0 Å². The van der Waals surface area contributed by atoms with Gasteiger partial charge in [-0.2, -0.15) is 8.42 Å². The van der Waals surface area contributed by atoms with Crippen molar-refractivity contribution in [3.8, 4) is 0 Å². The van der Waals surface area contributed by atoms with Crippen LogP contribution in [0.2, 0.25) is 0 Å². The van der Waals surface area contributed by atoms with E-state index < -0.39 is 31.8 Å². The molecule has 0 bridgehead atoms. The molecule has 1 amide bonds. The minimum absolute atomic E-state index is 0.0474. The number of benzene rings is 1. The van der Waals surface area contributed by atoms with Crippen molar-refractivity contribution in [2.75, 3.05) is 24.6 Å². The zero-order valence-electron chi connectivity index (χ0n) is 18.0. The molecule has 33 heavy (non-hydrogen) atoms. The van der Waals surface area contributed by atoms with E-state index in [0.717, 1.165) is 0 Å². The Kier molecular flexibility index (Phi) is 5.56. The lowest BCUT2D eigenvalue weighted by molar-refractivity contribution is -0.139. The smallest absolute Gasteiger partial charge is 0.285 e. The first-order valence-electron chi connectivity index (χ1n) is 11.0. The second-order valence-corrected chi connectivity index (χ2v) is 12.6. The van der Waals surface area contributed by atoms with E-state index in [1.807, 2.05) is 4.90 Å². The molecule has 0 aliphatic carbocycles. The first-order valence-corrected chi connectivity index (χ1v) is 14.2. The Morgan fingerprint density at radius 3 is 2.67 bits per heavy atom. The molecule has 2 fully saturated rings. The van der Waals surface area contributed by atoms with E-state index in [0.29, 0.717) is 49.5 Å². The van der Waals surface area contributed by atoms with Crippen LogP contribution in [0, 0.1) is 5.92 Å². The Bertz CT molecular complexity index is 1300. The normalized spacial score (nSPS) is 25.5. The van der Waals surface area contributed by atoms with Crippen molar-refractivity contribution in [3.63, 3.8) is 0 Å². The van der Waals surface area contributed by atoms with Gasteiger partial charge in [0.1, 0.15) is 10.7 Å². The summed E-state index contributed by atoms with van der Waals surface area (Å²) in [6.07, 6.45) is 3.28. The quantitative estimate of drug-likeness (QED) is 0.638. The third kappa shape index (κ3) is 4.31. The standard InChI is InChI=1S/C22H25N3O6S2/c26-22(25(14-18-6-4-11-31-18)17-9-12-32(27,28)15-17)16-5-3-10-24(13-16)21-19-7-1-2-8-20(19)33(29,30)23-21/h1-2,4,6-8,11,16-17H,3,5,9-10,12-15H2/t16-,17-/m1/s1. The van der Waals surface area contributed by atoms with Crippen molar-refractivity contribution in [3.05, 3.63) is 54.0 Å². The minimum Gasteiger partial charge on any atom is -0.467 e. The maximum Gasteiger partial charge on any atom is 0.285 e. The van der Waals surface area contributed by atoms with Gasteiger partial charge in [-0.3, -0.25) is 4.79 Å². The van der Waals surface area contributed by atoms with Gasteiger partial charge in [0.2, 0.25) is 5.91 Å². The fourth-order valence-corrected chi connectivity index (χ4v) is 7.86. The molecule has 3 aliphatic rings. The fraction of sp³-hybridized carbons (Fsp3) is 0.455. The van der Waals surface area contributed by atoms with Gasteiger partial charge in [-0.15, -0.1) is 4.40 Å². The molecule has 0 N–H and O–H groups in total. The van der Waals surface area contributed by atoms with Crippen LogP contribution in [0.1, 0.15) is 30.6 Å². The number of fused-ring (bicyclic) bond motifs is 1. The summed E-state index contributed by atoms with van der Waals surface area (Å²) in [7, 11) is -6.92. The lowest BCUT2D eigenvalue weighted by atomic mass is 9.95. The monoisotopic (exact) mass is 491 g/mol. The Balaban J connectivity index is 1.39. The zero-order valence-corrected chi connectivity index (χ0v) is 19.6. The van der Waals surface area contributed by atoms with E-state index in [1.165, 1.54) is 6.26 Å². The van der Waals surface area contributed by atoms with Crippen LogP contribution in [0.3, 0.4) is 0 Å². The van der Waals surface area contributed by atoms with Crippen molar-refractivity contribution in [1.29, 1.82) is 0 Å². The number of nitrogens with zero attached hydrogens (tertiary/aromatic N) is 3. The Morgan fingerprint density at radius 1 is 1.12 bits per heavy atom. The molecule has 4 heterocycles. The summed E-state index contributed by atoms with van der Waals surface area (Å²) in [5, 5.41) is 0. The summed E-state index contributed by atoms with van der Waals surface area (Å²) in [5.74, 6) is 0.475. The van der Waals surface area contributed by atoms with E-state index in [9.17, 15) is 21.6 Å². The molecule has 0 spiro atoms. The van der Waals surface area contributed by atoms with Crippen molar-refractivity contribution in [2.45, 2.75) is 36.7 Å². The molecule has 2 atom stereocenters. The lowest BCUT2D eigenvalue weighted by Gasteiger charge is -2.37. The van der Waals surface area contributed by atoms with Gasteiger partial charge < -0.3 is 14.2 Å². The van der Waals surface area contributed by atoms with Crippen LogP contribution in [0.25, 0.3) is 0 Å². The molecule has 11 heteroatoms. The molecule has 2 aromatic rings. The van der Waals surface area contributed by atoms with Gasteiger partial charge in [-0.25, -0.2) is 8.42 Å². The third-order valence-corrected chi connectivity index (χ3v) is 9.60. The largest absolute Gasteiger partial charge is 0.467 e. The Hall–Kier alpha value is -2.66. The molecule has 0 saturated carbocycles. The number of amidine groups is 1. The zero-order chi connectivity index (χ0) is 23.2. The summed E-state index contributed by atoms with van der Waals surface area (Å²) in [6.45, 7) is 1.14. The van der Waals surface area contributed by atoms with Crippen molar-refractivity contribution >= 4 is 31.6 Å². The van der Waals surface area contributed by atoms with Crippen LogP contribution in [0.5, 0.6) is 0 Å². The second-order valence-electron chi connectivity index (χ2n) is 8.77. The van der Waals surface area contributed by atoms with Crippen molar-refractivity contribution < 1.29 is 26.0 Å². The molecule has 5 rings (SSSR count). The second kappa shape index (κ2) is 8.28. The van der Waals surface area contributed by atoms with Crippen LogP contribution in [0.15, 0.2) is 56.4 Å². The van der Waals surface area contributed by atoms with Gasteiger partial charge in [0.25, 0.3) is 10.0 Å². The van der Waals surface area contributed by atoms with E-state index in [2.05, 4.69) is 4.40 Å². The molecule has 2 saturated heterocycles. The summed E-state index contributed by atoms with van der Waals surface area (Å²) in [4.78, 5) is 17.3. The molecular formula is C22H25N3O6S2. The van der Waals surface area contributed by atoms with Crippen molar-refractivity contribution in [2.24, 2.45) is 10.3 Å². The number of carbonyl (C=O) groups excluding carboxylic acids is 1. The Morgan fingerprint density at radius 2 is 1.94 bits per heavy atom. The first-order chi connectivity index (χ1) is 15.7. The average molecular weight is 492 g/mol. The molecule has 9 nitrogen and oxygen atoms in total. The SMILES string of the molecule is O=C([C@@H]1CCCN(C2=NS(=O)(=O)c3ccccc32)C1)N(Cc1ccco1)[C@@H]1CCS(=O)(=O)C1. The van der Waals surface area contributed by atoms with Gasteiger partial charge in [-0.1, -0.05) is 12.1 Å². The summed E-state index contributed by atoms with van der Waals surface area (Å²) < 4.78 is 58.6. The van der Waals surface area contributed by atoms with Crippen molar-refractivity contribution in [1.82, 2.24) is 9.80 Å². The molecule has 176 valence electrons. The number of sulfonamides is 1. The van der Waals surface area contributed by atoms with Gasteiger partial charge in [0.15, 0.2) is 15.7 Å².